The van der Waals surface area contributed by atoms with Gasteiger partial charge in [-0.25, -0.2) is 13.1 Å². The Morgan fingerprint density at radius 2 is 2.00 bits per heavy atom. The first-order valence-corrected chi connectivity index (χ1v) is 8.63. The van der Waals surface area contributed by atoms with Crippen molar-refractivity contribution in [2.24, 2.45) is 0 Å². The fraction of sp³-hybridized carbons (Fsp3) is 0.333. The van der Waals surface area contributed by atoms with E-state index in [1.54, 1.807) is 37.5 Å². The first-order chi connectivity index (χ1) is 10.3. The van der Waals surface area contributed by atoms with E-state index >= 15 is 0 Å². The summed E-state index contributed by atoms with van der Waals surface area (Å²) in [7, 11) is 0.0985. The van der Waals surface area contributed by atoms with Crippen LogP contribution >= 0.6 is 11.6 Å². The van der Waals surface area contributed by atoms with E-state index in [9.17, 15) is 8.42 Å². The normalized spacial score (nSPS) is 13.5. The van der Waals surface area contributed by atoms with Crippen molar-refractivity contribution >= 4 is 21.6 Å². The predicted molar refractivity (Wildman–Crippen MR) is 86.5 cm³/mol. The minimum atomic E-state index is -3.64. The van der Waals surface area contributed by atoms with E-state index < -0.39 is 10.0 Å². The molecule has 0 radical (unpaired) electrons. The summed E-state index contributed by atoms with van der Waals surface area (Å²) in [5, 5.41) is 0.429. The fourth-order valence-electron chi connectivity index (χ4n) is 2.16. The van der Waals surface area contributed by atoms with Gasteiger partial charge in [-0.1, -0.05) is 17.7 Å². The molecular weight excluding hydrogens is 324 g/mol. The standard InChI is InChI=1S/C15H19ClN2O3S/c1-11-12(16)6-4-8-15(11)22(19,20)17-10-13(18(2)3)14-7-5-9-21-14/h4-9,13,17H,10H2,1-3H3. The van der Waals surface area contributed by atoms with Crippen LogP contribution in [0, 0.1) is 6.92 Å². The summed E-state index contributed by atoms with van der Waals surface area (Å²) in [4.78, 5) is 2.09. The maximum Gasteiger partial charge on any atom is 0.240 e. The number of likely N-dealkylation sites (N-methyl/N-ethyl adjacent to an activating group) is 1. The maximum atomic E-state index is 12.5. The van der Waals surface area contributed by atoms with Crippen molar-refractivity contribution in [2.75, 3.05) is 20.6 Å². The van der Waals surface area contributed by atoms with Gasteiger partial charge in [0.15, 0.2) is 0 Å². The quantitative estimate of drug-likeness (QED) is 0.876. The van der Waals surface area contributed by atoms with Gasteiger partial charge in [-0.05, 0) is 50.8 Å². The molecule has 1 N–H and O–H groups in total. The van der Waals surface area contributed by atoms with Gasteiger partial charge in [0.2, 0.25) is 10.0 Å². The van der Waals surface area contributed by atoms with Gasteiger partial charge >= 0.3 is 0 Å². The number of furan rings is 1. The molecule has 0 bridgehead atoms. The lowest BCUT2D eigenvalue weighted by molar-refractivity contribution is 0.259. The van der Waals surface area contributed by atoms with E-state index in [1.165, 1.54) is 0 Å². The van der Waals surface area contributed by atoms with E-state index in [0.29, 0.717) is 16.3 Å². The van der Waals surface area contributed by atoms with Crippen LogP contribution in [0.25, 0.3) is 0 Å². The SMILES string of the molecule is Cc1c(Cl)cccc1S(=O)(=O)NCC(c1ccco1)N(C)C. The molecule has 0 spiro atoms. The first kappa shape index (κ1) is 17.0. The van der Waals surface area contributed by atoms with Gasteiger partial charge in [-0.15, -0.1) is 0 Å². The van der Waals surface area contributed by atoms with Crippen LogP contribution in [0.1, 0.15) is 17.4 Å². The molecule has 1 aromatic carbocycles. The molecule has 1 heterocycles. The average Bonchev–Trinajstić information content (AvgIpc) is 2.95. The molecule has 2 rings (SSSR count). The molecule has 0 fully saturated rings. The van der Waals surface area contributed by atoms with Gasteiger partial charge in [0.1, 0.15) is 5.76 Å². The minimum Gasteiger partial charge on any atom is -0.468 e. The Kier molecular flexibility index (Phi) is 5.28. The first-order valence-electron chi connectivity index (χ1n) is 6.77. The van der Waals surface area contributed by atoms with E-state index in [0.717, 1.165) is 0 Å². The van der Waals surface area contributed by atoms with Crippen molar-refractivity contribution in [2.45, 2.75) is 17.9 Å². The third kappa shape index (κ3) is 3.70. The number of hydrogen-bond acceptors (Lipinski definition) is 4. The maximum absolute atomic E-state index is 12.5. The van der Waals surface area contributed by atoms with Crippen molar-refractivity contribution in [3.8, 4) is 0 Å². The highest BCUT2D eigenvalue weighted by Crippen LogP contribution is 2.23. The van der Waals surface area contributed by atoms with Crippen LogP contribution in [0.15, 0.2) is 45.9 Å². The number of hydrogen-bond donors (Lipinski definition) is 1. The summed E-state index contributed by atoms with van der Waals surface area (Å²) in [6.07, 6.45) is 1.57. The van der Waals surface area contributed by atoms with Gasteiger partial charge < -0.3 is 4.42 Å². The Hall–Kier alpha value is -1.34. The van der Waals surface area contributed by atoms with E-state index in [1.807, 2.05) is 25.1 Å². The third-order valence-corrected chi connectivity index (χ3v) is 5.45. The van der Waals surface area contributed by atoms with Gasteiger partial charge in [0, 0.05) is 11.6 Å². The lowest BCUT2D eigenvalue weighted by Crippen LogP contribution is -2.34. The third-order valence-electron chi connectivity index (χ3n) is 3.47. The summed E-state index contributed by atoms with van der Waals surface area (Å²) >= 11 is 6.00. The molecule has 0 aliphatic rings. The Morgan fingerprint density at radius 3 is 2.59 bits per heavy atom. The molecule has 0 amide bonds. The Labute approximate surface area is 135 Å². The smallest absolute Gasteiger partial charge is 0.240 e. The minimum absolute atomic E-state index is 0.190. The van der Waals surface area contributed by atoms with E-state index in [2.05, 4.69) is 4.72 Å². The van der Waals surface area contributed by atoms with E-state index in [-0.39, 0.29) is 17.5 Å². The second-order valence-electron chi connectivity index (χ2n) is 5.21. The Morgan fingerprint density at radius 1 is 1.27 bits per heavy atom. The molecule has 7 heteroatoms. The van der Waals surface area contributed by atoms with Gasteiger partial charge in [-0.2, -0.15) is 0 Å². The summed E-state index contributed by atoms with van der Waals surface area (Å²) in [5.74, 6) is 0.704. The van der Waals surface area contributed by atoms with Crippen molar-refractivity contribution in [1.29, 1.82) is 0 Å². The van der Waals surface area contributed by atoms with E-state index in [4.69, 9.17) is 16.0 Å². The predicted octanol–water partition coefficient (Wildman–Crippen LogP) is 2.82. The van der Waals surface area contributed by atoms with Gasteiger partial charge in [0.25, 0.3) is 0 Å². The molecule has 2 aromatic rings. The van der Waals surface area contributed by atoms with Crippen LogP contribution < -0.4 is 4.72 Å². The molecule has 120 valence electrons. The number of halogens is 1. The average molecular weight is 343 g/mol. The highest BCUT2D eigenvalue weighted by Gasteiger charge is 2.23. The zero-order chi connectivity index (χ0) is 16.3. The van der Waals surface area contributed by atoms with Gasteiger partial charge in [0.05, 0.1) is 17.2 Å². The fourth-order valence-corrected chi connectivity index (χ4v) is 3.70. The highest BCUT2D eigenvalue weighted by atomic mass is 35.5. The van der Waals surface area contributed by atoms with Crippen molar-refractivity contribution in [1.82, 2.24) is 9.62 Å². The molecule has 0 saturated carbocycles. The van der Waals surface area contributed by atoms with Crippen LogP contribution in [0.3, 0.4) is 0 Å². The molecule has 5 nitrogen and oxygen atoms in total. The molecular formula is C15H19ClN2O3S. The lowest BCUT2D eigenvalue weighted by atomic mass is 10.2. The second-order valence-corrected chi connectivity index (χ2v) is 7.35. The molecule has 1 atom stereocenters. The number of rotatable bonds is 6. The van der Waals surface area contributed by atoms with Crippen LogP contribution in [0.2, 0.25) is 5.02 Å². The number of sulfonamides is 1. The summed E-state index contributed by atoms with van der Waals surface area (Å²) < 4.78 is 33.0. The second kappa shape index (κ2) is 6.83. The Bertz CT molecular complexity index is 727. The summed E-state index contributed by atoms with van der Waals surface area (Å²) in [6, 6.07) is 8.25. The zero-order valence-electron chi connectivity index (χ0n) is 12.7. The molecule has 0 aliphatic carbocycles. The topological polar surface area (TPSA) is 62.6 Å². The van der Waals surface area contributed by atoms with Crippen LogP contribution in [0.5, 0.6) is 0 Å². The van der Waals surface area contributed by atoms with Gasteiger partial charge in [-0.3, -0.25) is 4.90 Å². The van der Waals surface area contributed by atoms with Crippen LogP contribution in [-0.2, 0) is 10.0 Å². The van der Waals surface area contributed by atoms with Crippen molar-refractivity contribution in [3.05, 3.63) is 52.9 Å². The molecule has 1 aromatic heterocycles. The Balaban J connectivity index is 2.20. The van der Waals surface area contributed by atoms with Crippen LogP contribution in [0.4, 0.5) is 0 Å². The molecule has 0 saturated heterocycles. The lowest BCUT2D eigenvalue weighted by Gasteiger charge is -2.22. The number of benzene rings is 1. The molecule has 22 heavy (non-hydrogen) atoms. The summed E-state index contributed by atoms with van der Waals surface area (Å²) in [6.45, 7) is 1.89. The zero-order valence-corrected chi connectivity index (χ0v) is 14.3. The highest BCUT2D eigenvalue weighted by molar-refractivity contribution is 7.89. The number of nitrogens with zero attached hydrogens (tertiary/aromatic N) is 1. The summed E-state index contributed by atoms with van der Waals surface area (Å²) in [5.41, 5.74) is 0.538. The monoisotopic (exact) mass is 342 g/mol. The van der Waals surface area contributed by atoms with Crippen molar-refractivity contribution < 1.29 is 12.8 Å². The molecule has 0 aliphatic heterocycles. The largest absolute Gasteiger partial charge is 0.468 e. The number of nitrogens with one attached hydrogen (secondary N) is 1. The van der Waals surface area contributed by atoms with Crippen molar-refractivity contribution in [3.63, 3.8) is 0 Å². The molecule has 1 unspecified atom stereocenters. The van der Waals surface area contributed by atoms with Crippen LogP contribution in [-0.4, -0.2) is 34.0 Å².